The summed E-state index contributed by atoms with van der Waals surface area (Å²) in [6.45, 7) is 18.2. The van der Waals surface area contributed by atoms with Gasteiger partial charge in [0.25, 0.3) is 17.7 Å². The quantitative estimate of drug-likeness (QED) is 0.0106. The van der Waals surface area contributed by atoms with Crippen LogP contribution in [0.4, 0.5) is 17.8 Å². The number of ketones is 3. The van der Waals surface area contributed by atoms with Gasteiger partial charge >= 0.3 is 5.97 Å². The average Bonchev–Trinajstić information content (AvgIpc) is 1.71. The molecular formula is C94H128N20O17. The minimum atomic E-state index is -2.50. The lowest BCUT2D eigenvalue weighted by atomic mass is 9.79. The molecule has 1 saturated carbocycles. The number of piperazine rings is 1. The first kappa shape index (κ1) is 97.7. The fourth-order valence-corrected chi connectivity index (χ4v) is 18.3. The molecule has 37 nitrogen and oxygen atoms in total. The van der Waals surface area contributed by atoms with Gasteiger partial charge in [0.1, 0.15) is 53.5 Å². The molecule has 4 fully saturated rings. The third kappa shape index (κ3) is 25.1. The van der Waals surface area contributed by atoms with E-state index in [4.69, 9.17) is 74.6 Å². The first-order chi connectivity index (χ1) is 63.3. The van der Waals surface area contributed by atoms with E-state index in [1.165, 1.54) is 13.4 Å². The number of esters is 1. The summed E-state index contributed by atoms with van der Waals surface area (Å²) in [5.41, 5.74) is 27.9. The van der Waals surface area contributed by atoms with Gasteiger partial charge in [-0.25, -0.2) is 38.8 Å². The van der Waals surface area contributed by atoms with E-state index in [2.05, 4.69) is 56.8 Å². The van der Waals surface area contributed by atoms with E-state index in [0.717, 1.165) is 83.1 Å². The van der Waals surface area contributed by atoms with Crippen LogP contribution in [0.3, 0.4) is 0 Å². The standard InChI is InChI=1S/C94H128N20O17/c1-58-18-11-10-12-19-59(2)78(123-7)50-70-26-23-63(6)94(122,131-70)87(119)90(120)112-31-15-13-22-74(112)91(121)129-79(51-76(115)60(3)45-62(5)85(118)86(125-9)84(117)61(4)44-58)71(95)46-64-24-27-73(80(47-64)124-8)114-75(54-103-107-114)66-21-17-20-65(48-66)68-52-99-93(100-53-68)110-35-33-109(34-36-110)55-69-56-111(108-105-69)37-39-127-41-43-128-42-40-126-38-29-81(116)98-30-14-16-32-113-89-82(88(96)101-57-102-89)83(106-113)67-25-28-77-72(49-67)104-92(97)130-77/h10-12,17-21,25,28,45,48-49,52-54,56-58,60-61,63-64,70-71,73-74,78-80,85-86,118,122H,13-16,22-24,26-27,29-44,46-47,50-51,55,95H2,1-9H3,(H2,97,104)(H,98,116)(H2,96,101,102)/b12-10+,18-11+,59-19+,62-45+/t58-,60-,61-,63-,64+,70+,71-,73+,74+,78+,79?,80-,85-,86+,94-/m1/s1. The number of methoxy groups -OCH3 is 3. The van der Waals surface area contributed by atoms with Crippen LogP contribution in [0.5, 0.6) is 0 Å². The van der Waals surface area contributed by atoms with Crippen LogP contribution in [-0.2, 0) is 86.3 Å². The molecule has 3 saturated heterocycles. The van der Waals surface area contributed by atoms with E-state index in [1.807, 2.05) is 97.8 Å². The second-order valence-corrected chi connectivity index (χ2v) is 35.3. The number of nitrogens with one attached hydrogen (secondary N) is 1. The van der Waals surface area contributed by atoms with Crippen LogP contribution in [-0.4, -0.2) is 275 Å². The second-order valence-electron chi connectivity index (χ2n) is 35.3. The molecule has 15 atom stereocenters. The van der Waals surface area contributed by atoms with Crippen LogP contribution in [0.25, 0.3) is 55.8 Å². The molecule has 0 spiro atoms. The molecule has 2 aromatic carbocycles. The SMILES string of the molecule is CO[C@H]1C[C@@H]2CC[C@@H](C)[C@@](O)(O2)C(=O)C(=O)N2CCCC[C@H]2C(=O)OC([C@H](N)C[C@@H]2CC[C@H](n3nncc3-c3cccc(-c4cnc(N5CCN(Cc6cn(CCOCCOCCOCCC(=O)NCCCCn7nc(-c8ccc9oc(N)nc9c8)c8c(N)ncnc87)nn6)CC5)nc4)c3)[C@H](OC)C2)CC(=O)[C@H](C)/C=C(\C)[C@@H](O)[C@@H](OC)C(=O)[C@H](C)C[C@H](C)/C=C/C=C/C=C/1C. The number of aliphatic hydroxyl groups excluding tert-OH is 1. The fraction of sp³-hybridized carbons (Fsp3) is 0.574. The number of carbonyl (C=O) groups is 6. The number of nitrogen functional groups attached to an aromatic ring is 2. The molecule has 9 N–H and O–H groups in total. The summed E-state index contributed by atoms with van der Waals surface area (Å²) in [4.78, 5) is 114. The van der Waals surface area contributed by atoms with Gasteiger partial charge in [-0.3, -0.25) is 28.9 Å². The lowest BCUT2D eigenvalue weighted by Crippen LogP contribution is -2.61. The lowest BCUT2D eigenvalue weighted by Gasteiger charge is -2.42. The summed E-state index contributed by atoms with van der Waals surface area (Å²) in [5.74, 6) is -7.63. The Morgan fingerprint density at radius 2 is 1.53 bits per heavy atom. The molecule has 131 heavy (non-hydrogen) atoms. The van der Waals surface area contributed by atoms with Crippen LogP contribution < -0.4 is 27.4 Å². The van der Waals surface area contributed by atoms with Gasteiger partial charge in [-0.15, -0.1) is 10.2 Å². The van der Waals surface area contributed by atoms with Crippen molar-refractivity contribution in [1.29, 1.82) is 0 Å². The molecule has 1 aliphatic carbocycles. The van der Waals surface area contributed by atoms with Crippen LogP contribution in [0.15, 0.2) is 126 Å². The second kappa shape index (κ2) is 46.5. The number of rotatable bonds is 30. The number of piperidine rings is 1. The highest BCUT2D eigenvalue weighted by molar-refractivity contribution is 6.39. The molecule has 2 bridgehead atoms. The molecule has 5 aliphatic rings. The van der Waals surface area contributed by atoms with Gasteiger partial charge in [-0.2, -0.15) is 10.1 Å². The van der Waals surface area contributed by atoms with Crippen molar-refractivity contribution in [2.45, 2.75) is 218 Å². The number of anilines is 3. The summed E-state index contributed by atoms with van der Waals surface area (Å²) in [6, 6.07) is 11.2. The van der Waals surface area contributed by atoms with Crippen molar-refractivity contribution in [3.8, 4) is 33.6 Å². The molecule has 10 heterocycles. The zero-order valence-corrected chi connectivity index (χ0v) is 76.6. The van der Waals surface area contributed by atoms with Crippen molar-refractivity contribution in [2.24, 2.45) is 35.3 Å². The third-order valence-corrected chi connectivity index (χ3v) is 25.9. The summed E-state index contributed by atoms with van der Waals surface area (Å²) < 4.78 is 58.6. The Morgan fingerprint density at radius 1 is 0.756 bits per heavy atom. The zero-order valence-electron chi connectivity index (χ0n) is 76.6. The number of benzene rings is 2. The topological polar surface area (TPSA) is 473 Å². The largest absolute Gasteiger partial charge is 0.459 e. The Balaban J connectivity index is 0.547. The highest BCUT2D eigenvalue weighted by atomic mass is 16.6. The maximum atomic E-state index is 14.9. The molecule has 1 unspecified atom stereocenters. The number of amides is 2. The number of aryl methyl sites for hydroxylation is 1. The van der Waals surface area contributed by atoms with E-state index >= 15 is 0 Å². The maximum Gasteiger partial charge on any atom is 0.329 e. The lowest BCUT2D eigenvalue weighted by molar-refractivity contribution is -0.265. The predicted molar refractivity (Wildman–Crippen MR) is 487 cm³/mol. The summed E-state index contributed by atoms with van der Waals surface area (Å²) in [6.07, 6.45) is 20.8. The van der Waals surface area contributed by atoms with Crippen molar-refractivity contribution >= 4 is 75.0 Å². The van der Waals surface area contributed by atoms with E-state index in [-0.39, 0.29) is 86.3 Å². The van der Waals surface area contributed by atoms with Crippen molar-refractivity contribution < 1.29 is 81.3 Å². The number of aromatic nitrogens is 13. The third-order valence-electron chi connectivity index (χ3n) is 25.9. The number of aliphatic hydroxyl groups is 2. The van der Waals surface area contributed by atoms with E-state index in [9.17, 15) is 39.0 Å². The molecular weight excluding hydrogens is 1680 g/mol. The van der Waals surface area contributed by atoms with Crippen LogP contribution in [0.1, 0.15) is 150 Å². The Hall–Kier alpha value is -10.8. The minimum absolute atomic E-state index is 0.0213. The van der Waals surface area contributed by atoms with E-state index < -0.39 is 83.8 Å². The van der Waals surface area contributed by atoms with Crippen LogP contribution in [0.2, 0.25) is 0 Å². The van der Waals surface area contributed by atoms with Crippen LogP contribution in [0, 0.1) is 29.6 Å². The van der Waals surface area contributed by atoms with Crippen molar-refractivity contribution in [3.63, 3.8) is 0 Å². The van der Waals surface area contributed by atoms with Crippen molar-refractivity contribution in [2.75, 3.05) is 117 Å². The van der Waals surface area contributed by atoms with E-state index in [0.29, 0.717) is 162 Å². The first-order valence-corrected chi connectivity index (χ1v) is 45.8. The Kier molecular flexibility index (Phi) is 34.7. The number of fused-ring (bicyclic) bond motifs is 5. The number of Topliss-reactive ketones (excluding diaryl/α,β-unsaturated/α-hetero) is 3. The van der Waals surface area contributed by atoms with Gasteiger partial charge in [0.05, 0.1) is 93.5 Å². The maximum absolute atomic E-state index is 14.9. The number of ether oxygens (including phenoxy) is 8. The molecule has 2 amide bonds. The molecule has 706 valence electrons. The summed E-state index contributed by atoms with van der Waals surface area (Å²) in [5, 5.41) is 50.2. The fourth-order valence-electron chi connectivity index (χ4n) is 18.3. The molecule has 6 aromatic heterocycles. The molecule has 13 rings (SSSR count). The summed E-state index contributed by atoms with van der Waals surface area (Å²) >= 11 is 0. The van der Waals surface area contributed by atoms with E-state index in [1.54, 1.807) is 69.6 Å². The minimum Gasteiger partial charge on any atom is -0.459 e. The van der Waals surface area contributed by atoms with Crippen LogP contribution >= 0.6 is 0 Å². The van der Waals surface area contributed by atoms with Crippen molar-refractivity contribution in [1.82, 2.24) is 79.8 Å². The summed E-state index contributed by atoms with van der Waals surface area (Å²) in [7, 11) is 4.60. The highest BCUT2D eigenvalue weighted by Crippen LogP contribution is 2.42. The number of carbonyl (C=O) groups excluding carboxylic acids is 6. The Bertz CT molecular complexity index is 5290. The number of oxazole rings is 1. The number of hydrogen-bond acceptors (Lipinski definition) is 32. The monoisotopic (exact) mass is 1810 g/mol. The normalized spacial score (nSPS) is 26.9. The number of nitrogens with two attached hydrogens (primary N) is 3. The van der Waals surface area contributed by atoms with Gasteiger partial charge < -0.3 is 84.8 Å². The zero-order chi connectivity index (χ0) is 92.8. The average molecular weight is 1810 g/mol. The van der Waals surface area contributed by atoms with Gasteiger partial charge in [0, 0.05) is 152 Å². The number of unbranched alkanes of at least 4 members (excludes halogenated alkanes) is 1. The number of allylic oxidation sites excluding steroid dienone is 6. The Labute approximate surface area is 763 Å². The molecule has 0 radical (unpaired) electrons. The molecule has 4 aliphatic heterocycles. The Morgan fingerprint density at radius 3 is 2.30 bits per heavy atom. The number of cyclic esters (lactones) is 1. The molecule has 8 aromatic rings. The highest BCUT2D eigenvalue weighted by Gasteiger charge is 2.53. The van der Waals surface area contributed by atoms with Gasteiger partial charge in [0.15, 0.2) is 17.0 Å². The number of hydrogen-bond donors (Lipinski definition) is 6. The number of nitrogens with zero attached hydrogens (tertiary/aromatic N) is 16. The van der Waals surface area contributed by atoms with Gasteiger partial charge in [-0.1, -0.05) is 92.8 Å². The van der Waals surface area contributed by atoms with Crippen molar-refractivity contribution in [3.05, 3.63) is 127 Å². The smallest absolute Gasteiger partial charge is 0.329 e. The first-order valence-electron chi connectivity index (χ1n) is 45.8. The van der Waals surface area contributed by atoms with Gasteiger partial charge in [-0.05, 0) is 144 Å². The van der Waals surface area contributed by atoms with Gasteiger partial charge in [0.2, 0.25) is 17.6 Å². The predicted octanol–water partition coefficient (Wildman–Crippen LogP) is 8.53. The molecule has 37 heteroatoms.